The highest BCUT2D eigenvalue weighted by Gasteiger charge is 2.37. The molecule has 0 aromatic heterocycles. The fourth-order valence-electron chi connectivity index (χ4n) is 2.21. The van der Waals surface area contributed by atoms with Crippen LogP contribution in [0.2, 0.25) is 5.02 Å². The molecule has 1 heterocycles. The van der Waals surface area contributed by atoms with Crippen molar-refractivity contribution in [2.24, 2.45) is 0 Å². The van der Waals surface area contributed by atoms with Gasteiger partial charge in [0.15, 0.2) is 5.78 Å². The molecule has 1 aromatic rings. The molecule has 16 heavy (non-hydrogen) atoms. The van der Waals surface area contributed by atoms with Gasteiger partial charge in [0.2, 0.25) is 0 Å². The Kier molecular flexibility index (Phi) is 2.94. The minimum Gasteiger partial charge on any atom is -0.359 e. The van der Waals surface area contributed by atoms with E-state index in [2.05, 4.69) is 4.90 Å². The van der Waals surface area contributed by atoms with Crippen LogP contribution in [0.15, 0.2) is 24.3 Å². The quantitative estimate of drug-likeness (QED) is 0.747. The zero-order valence-electron chi connectivity index (χ0n) is 9.66. The van der Waals surface area contributed by atoms with Crippen LogP contribution >= 0.6 is 11.6 Å². The standard InChI is InChI=1S/C13H16ClNO/c1-13(2)12(16)4-3-9-15(13)11-7-5-10(14)6-8-11/h5-8H,3-4,9H2,1-2H3. The second kappa shape index (κ2) is 4.10. The highest BCUT2D eigenvalue weighted by molar-refractivity contribution is 6.30. The fraction of sp³-hybridized carbons (Fsp3) is 0.462. The van der Waals surface area contributed by atoms with Crippen molar-refractivity contribution in [2.45, 2.75) is 32.2 Å². The molecule has 2 rings (SSSR count). The number of hydrogen-bond donors (Lipinski definition) is 0. The van der Waals surface area contributed by atoms with E-state index in [-0.39, 0.29) is 0 Å². The molecule has 0 radical (unpaired) electrons. The number of benzene rings is 1. The number of halogens is 1. The Hall–Kier alpha value is -1.02. The highest BCUT2D eigenvalue weighted by atomic mass is 35.5. The van der Waals surface area contributed by atoms with Crippen molar-refractivity contribution >= 4 is 23.1 Å². The van der Waals surface area contributed by atoms with Crippen LogP contribution in [0.4, 0.5) is 5.69 Å². The number of ketones is 1. The van der Waals surface area contributed by atoms with Crippen molar-refractivity contribution < 1.29 is 4.79 Å². The molecule has 0 amide bonds. The predicted octanol–water partition coefficient (Wildman–Crippen LogP) is 3.29. The summed E-state index contributed by atoms with van der Waals surface area (Å²) in [4.78, 5) is 14.1. The molecule has 0 saturated carbocycles. The largest absolute Gasteiger partial charge is 0.359 e. The van der Waals surface area contributed by atoms with Crippen molar-refractivity contribution in [3.05, 3.63) is 29.3 Å². The topological polar surface area (TPSA) is 20.3 Å². The summed E-state index contributed by atoms with van der Waals surface area (Å²) in [6.45, 7) is 4.91. The Bertz CT molecular complexity index is 397. The summed E-state index contributed by atoms with van der Waals surface area (Å²) >= 11 is 5.86. The van der Waals surface area contributed by atoms with Crippen LogP contribution in [0.1, 0.15) is 26.7 Å². The number of carbonyl (C=O) groups excluding carboxylic acids is 1. The molecule has 1 saturated heterocycles. The molecular weight excluding hydrogens is 222 g/mol. The van der Waals surface area contributed by atoms with E-state index in [1.54, 1.807) is 0 Å². The third kappa shape index (κ3) is 1.94. The molecule has 1 fully saturated rings. The van der Waals surface area contributed by atoms with Crippen LogP contribution in [0.25, 0.3) is 0 Å². The Morgan fingerprint density at radius 3 is 2.50 bits per heavy atom. The van der Waals surface area contributed by atoms with Crippen molar-refractivity contribution in [3.63, 3.8) is 0 Å². The van der Waals surface area contributed by atoms with E-state index in [1.807, 2.05) is 38.1 Å². The van der Waals surface area contributed by atoms with Crippen LogP contribution in [0.5, 0.6) is 0 Å². The second-order valence-corrected chi connectivity index (χ2v) is 5.15. The van der Waals surface area contributed by atoms with Crippen molar-refractivity contribution in [2.75, 3.05) is 11.4 Å². The van der Waals surface area contributed by atoms with Crippen molar-refractivity contribution in [3.8, 4) is 0 Å². The lowest BCUT2D eigenvalue weighted by molar-refractivity contribution is -0.124. The fourth-order valence-corrected chi connectivity index (χ4v) is 2.33. The maximum absolute atomic E-state index is 11.9. The molecular formula is C13H16ClNO. The third-order valence-corrected chi connectivity index (χ3v) is 3.53. The maximum Gasteiger partial charge on any atom is 0.157 e. The van der Waals surface area contributed by atoms with E-state index in [1.165, 1.54) is 0 Å². The molecule has 0 bridgehead atoms. The van der Waals surface area contributed by atoms with Gasteiger partial charge in [0.05, 0.1) is 5.54 Å². The molecule has 0 N–H and O–H groups in total. The molecule has 2 nitrogen and oxygen atoms in total. The number of rotatable bonds is 1. The summed E-state index contributed by atoms with van der Waals surface area (Å²) in [5.74, 6) is 0.314. The van der Waals surface area contributed by atoms with Crippen LogP contribution in [-0.2, 0) is 4.79 Å². The molecule has 0 atom stereocenters. The lowest BCUT2D eigenvalue weighted by Crippen LogP contribution is -2.54. The molecule has 1 aliphatic rings. The summed E-state index contributed by atoms with van der Waals surface area (Å²) < 4.78 is 0. The van der Waals surface area contributed by atoms with Gasteiger partial charge < -0.3 is 4.90 Å². The Morgan fingerprint density at radius 2 is 1.88 bits per heavy atom. The summed E-state index contributed by atoms with van der Waals surface area (Å²) in [7, 11) is 0. The summed E-state index contributed by atoms with van der Waals surface area (Å²) in [6, 6.07) is 7.68. The highest BCUT2D eigenvalue weighted by Crippen LogP contribution is 2.30. The van der Waals surface area contributed by atoms with E-state index in [0.29, 0.717) is 12.2 Å². The Labute approximate surface area is 101 Å². The molecule has 1 aliphatic heterocycles. The minimum absolute atomic E-state index is 0.314. The zero-order valence-corrected chi connectivity index (χ0v) is 10.4. The van der Waals surface area contributed by atoms with Gasteiger partial charge in [0.1, 0.15) is 0 Å². The number of nitrogens with zero attached hydrogens (tertiary/aromatic N) is 1. The van der Waals surface area contributed by atoms with E-state index in [4.69, 9.17) is 11.6 Å². The summed E-state index contributed by atoms with van der Waals surface area (Å²) in [6.07, 6.45) is 1.63. The number of piperidine rings is 1. The van der Waals surface area contributed by atoms with Crippen molar-refractivity contribution in [1.29, 1.82) is 0 Å². The lowest BCUT2D eigenvalue weighted by Gasteiger charge is -2.42. The first-order chi connectivity index (χ1) is 7.51. The first kappa shape index (κ1) is 11.5. The van der Waals surface area contributed by atoms with E-state index in [0.717, 1.165) is 23.7 Å². The lowest BCUT2D eigenvalue weighted by atomic mass is 9.88. The third-order valence-electron chi connectivity index (χ3n) is 3.28. The van der Waals surface area contributed by atoms with Gasteiger partial charge in [-0.3, -0.25) is 4.79 Å². The van der Waals surface area contributed by atoms with Crippen LogP contribution < -0.4 is 4.90 Å². The van der Waals surface area contributed by atoms with Gasteiger partial charge >= 0.3 is 0 Å². The van der Waals surface area contributed by atoms with Gasteiger partial charge in [-0.25, -0.2) is 0 Å². The second-order valence-electron chi connectivity index (χ2n) is 4.71. The Balaban J connectivity index is 2.32. The van der Waals surface area contributed by atoms with Crippen LogP contribution in [0, 0.1) is 0 Å². The van der Waals surface area contributed by atoms with E-state index in [9.17, 15) is 4.79 Å². The summed E-state index contributed by atoms with van der Waals surface area (Å²) in [5.41, 5.74) is 0.675. The molecule has 3 heteroatoms. The molecule has 1 aromatic carbocycles. The van der Waals surface area contributed by atoms with Gasteiger partial charge in [-0.1, -0.05) is 11.6 Å². The van der Waals surface area contributed by atoms with Crippen LogP contribution in [0.3, 0.4) is 0 Å². The maximum atomic E-state index is 11.9. The van der Waals surface area contributed by atoms with Crippen LogP contribution in [-0.4, -0.2) is 17.9 Å². The Morgan fingerprint density at radius 1 is 1.25 bits per heavy atom. The minimum atomic E-state index is -0.397. The average Bonchev–Trinajstić information content (AvgIpc) is 2.24. The van der Waals surface area contributed by atoms with Gasteiger partial charge in [-0.2, -0.15) is 0 Å². The number of anilines is 1. The van der Waals surface area contributed by atoms with Gasteiger partial charge in [0.25, 0.3) is 0 Å². The summed E-state index contributed by atoms with van der Waals surface area (Å²) in [5, 5.41) is 0.727. The first-order valence-corrected chi connectivity index (χ1v) is 5.96. The molecule has 0 spiro atoms. The van der Waals surface area contributed by atoms with Gasteiger partial charge in [0, 0.05) is 23.7 Å². The van der Waals surface area contributed by atoms with E-state index >= 15 is 0 Å². The van der Waals surface area contributed by atoms with E-state index < -0.39 is 5.54 Å². The van der Waals surface area contributed by atoms with Crippen molar-refractivity contribution in [1.82, 2.24) is 0 Å². The van der Waals surface area contributed by atoms with Gasteiger partial charge in [-0.15, -0.1) is 0 Å². The predicted molar refractivity (Wildman–Crippen MR) is 67.1 cm³/mol. The average molecular weight is 238 g/mol. The van der Waals surface area contributed by atoms with Gasteiger partial charge in [-0.05, 0) is 44.5 Å². The number of carbonyl (C=O) groups is 1. The number of hydrogen-bond acceptors (Lipinski definition) is 2. The number of Topliss-reactive ketones (excluding diaryl/α,β-unsaturated/α-hetero) is 1. The zero-order chi connectivity index (χ0) is 11.8. The molecule has 86 valence electrons. The first-order valence-electron chi connectivity index (χ1n) is 5.58. The smallest absolute Gasteiger partial charge is 0.157 e. The monoisotopic (exact) mass is 237 g/mol. The molecule has 0 unspecified atom stereocenters. The normalized spacial score (nSPS) is 19.9. The molecule has 0 aliphatic carbocycles. The SMILES string of the molecule is CC1(C)C(=O)CCCN1c1ccc(Cl)cc1.